The minimum atomic E-state index is 0.752. The second kappa shape index (κ2) is 4.68. The molecule has 0 bridgehead atoms. The maximum atomic E-state index is 2.71. The summed E-state index contributed by atoms with van der Waals surface area (Å²) >= 11 is 0. The number of nitrogens with zero attached hydrogens (tertiary/aromatic N) is 1. The van der Waals surface area contributed by atoms with Crippen molar-refractivity contribution < 1.29 is 0 Å². The van der Waals surface area contributed by atoms with Gasteiger partial charge in [-0.1, -0.05) is 20.3 Å². The molecule has 0 aromatic heterocycles. The van der Waals surface area contributed by atoms with Crippen molar-refractivity contribution in [3.05, 3.63) is 0 Å². The van der Waals surface area contributed by atoms with Crippen LogP contribution in [0.1, 0.15) is 59.8 Å². The van der Waals surface area contributed by atoms with Crippen LogP contribution < -0.4 is 0 Å². The van der Waals surface area contributed by atoms with Crippen molar-refractivity contribution in [1.29, 1.82) is 0 Å². The minimum absolute atomic E-state index is 0.752. The first-order valence-corrected chi connectivity index (χ1v) is 7.31. The van der Waals surface area contributed by atoms with E-state index in [9.17, 15) is 0 Å². The number of likely N-dealkylation sites (tertiary alicyclic amines) is 1. The minimum Gasteiger partial charge on any atom is -0.300 e. The molecule has 0 aromatic carbocycles. The lowest BCUT2D eigenvalue weighted by Crippen LogP contribution is -2.41. The van der Waals surface area contributed by atoms with Crippen LogP contribution in [0.15, 0.2) is 0 Å². The van der Waals surface area contributed by atoms with E-state index in [2.05, 4.69) is 32.6 Å². The molecule has 94 valence electrons. The average Bonchev–Trinajstić information content (AvgIpc) is 2.90. The smallest absolute Gasteiger partial charge is 0.00435 e. The highest BCUT2D eigenvalue weighted by Crippen LogP contribution is 2.60. The summed E-state index contributed by atoms with van der Waals surface area (Å²) in [6.07, 6.45) is 7.33. The van der Waals surface area contributed by atoms with Crippen LogP contribution in [0.4, 0.5) is 0 Å². The van der Waals surface area contributed by atoms with Gasteiger partial charge < -0.3 is 4.90 Å². The van der Waals surface area contributed by atoms with E-state index in [1.165, 1.54) is 45.2 Å². The molecule has 3 atom stereocenters. The van der Waals surface area contributed by atoms with Crippen LogP contribution in [0, 0.1) is 17.3 Å². The standard InChI is InChI=1S/C15H29N/c1-5-13(4)9-14-10-15(14)7-6-8-16(11-15)12(2)3/h12-14H,5-11H2,1-4H3/t13?,14?,15-/m1/s1. The summed E-state index contributed by atoms with van der Waals surface area (Å²) in [5.41, 5.74) is 0.756. The molecular weight excluding hydrogens is 194 g/mol. The zero-order valence-corrected chi connectivity index (χ0v) is 11.6. The van der Waals surface area contributed by atoms with Gasteiger partial charge in [0.25, 0.3) is 0 Å². The molecule has 1 spiro atoms. The Morgan fingerprint density at radius 1 is 1.31 bits per heavy atom. The molecule has 2 unspecified atom stereocenters. The third-order valence-electron chi connectivity index (χ3n) is 5.11. The van der Waals surface area contributed by atoms with Crippen LogP contribution in [0.2, 0.25) is 0 Å². The molecule has 1 heteroatoms. The molecular formula is C15H29N. The van der Waals surface area contributed by atoms with Gasteiger partial charge in [-0.3, -0.25) is 0 Å². The highest BCUT2D eigenvalue weighted by Gasteiger charge is 2.55. The lowest BCUT2D eigenvalue weighted by Gasteiger charge is -2.36. The molecule has 2 aliphatic rings. The Morgan fingerprint density at radius 2 is 2.06 bits per heavy atom. The summed E-state index contributed by atoms with van der Waals surface area (Å²) in [6.45, 7) is 12.2. The van der Waals surface area contributed by atoms with E-state index in [1.807, 2.05) is 0 Å². The van der Waals surface area contributed by atoms with Gasteiger partial charge in [0.1, 0.15) is 0 Å². The molecule has 0 radical (unpaired) electrons. The Kier molecular flexibility index (Phi) is 3.63. The Bertz CT molecular complexity index is 236. The van der Waals surface area contributed by atoms with Crippen LogP contribution in [0.3, 0.4) is 0 Å². The monoisotopic (exact) mass is 223 g/mol. The van der Waals surface area contributed by atoms with Crippen molar-refractivity contribution in [2.24, 2.45) is 17.3 Å². The molecule has 16 heavy (non-hydrogen) atoms. The van der Waals surface area contributed by atoms with E-state index in [-0.39, 0.29) is 0 Å². The maximum Gasteiger partial charge on any atom is 0.00435 e. The van der Waals surface area contributed by atoms with Crippen molar-refractivity contribution >= 4 is 0 Å². The fourth-order valence-corrected chi connectivity index (χ4v) is 3.55. The number of hydrogen-bond acceptors (Lipinski definition) is 1. The summed E-state index contributed by atoms with van der Waals surface area (Å²) in [7, 11) is 0. The molecule has 2 fully saturated rings. The molecule has 1 saturated carbocycles. The highest BCUT2D eigenvalue weighted by molar-refractivity contribution is 5.06. The fraction of sp³-hybridized carbons (Fsp3) is 1.00. The van der Waals surface area contributed by atoms with Gasteiger partial charge in [0.2, 0.25) is 0 Å². The fourth-order valence-electron chi connectivity index (χ4n) is 3.55. The van der Waals surface area contributed by atoms with E-state index in [1.54, 1.807) is 0 Å². The number of piperidine rings is 1. The summed E-state index contributed by atoms with van der Waals surface area (Å²) < 4.78 is 0. The first kappa shape index (κ1) is 12.4. The highest BCUT2D eigenvalue weighted by atomic mass is 15.2. The van der Waals surface area contributed by atoms with Gasteiger partial charge in [-0.15, -0.1) is 0 Å². The molecule has 1 saturated heterocycles. The third kappa shape index (κ3) is 2.45. The van der Waals surface area contributed by atoms with Gasteiger partial charge in [-0.2, -0.15) is 0 Å². The molecule has 1 aliphatic heterocycles. The van der Waals surface area contributed by atoms with E-state index in [0.29, 0.717) is 0 Å². The van der Waals surface area contributed by atoms with Crippen molar-refractivity contribution in [3.63, 3.8) is 0 Å². The van der Waals surface area contributed by atoms with Gasteiger partial charge in [0.05, 0.1) is 0 Å². The second-order valence-electron chi connectivity index (χ2n) is 6.68. The topological polar surface area (TPSA) is 3.24 Å². The molecule has 2 rings (SSSR count). The normalized spacial score (nSPS) is 36.9. The van der Waals surface area contributed by atoms with Crippen LogP contribution in [-0.2, 0) is 0 Å². The predicted molar refractivity (Wildman–Crippen MR) is 70.6 cm³/mol. The quantitative estimate of drug-likeness (QED) is 0.698. The van der Waals surface area contributed by atoms with Gasteiger partial charge in [-0.25, -0.2) is 0 Å². The summed E-state index contributed by atoms with van der Waals surface area (Å²) in [5, 5.41) is 0. The van der Waals surface area contributed by atoms with Gasteiger partial charge in [0.15, 0.2) is 0 Å². The molecule has 0 amide bonds. The Morgan fingerprint density at radius 3 is 2.69 bits per heavy atom. The summed E-state index contributed by atoms with van der Waals surface area (Å²) in [6, 6.07) is 0.752. The van der Waals surface area contributed by atoms with Crippen molar-refractivity contribution in [3.8, 4) is 0 Å². The maximum absolute atomic E-state index is 2.71. The van der Waals surface area contributed by atoms with E-state index < -0.39 is 0 Å². The van der Waals surface area contributed by atoms with Crippen LogP contribution >= 0.6 is 0 Å². The Balaban J connectivity index is 1.86. The molecule has 1 aliphatic carbocycles. The molecule has 0 aromatic rings. The molecule has 1 nitrogen and oxygen atoms in total. The zero-order chi connectivity index (χ0) is 11.8. The van der Waals surface area contributed by atoms with Crippen molar-refractivity contribution in [2.45, 2.75) is 65.8 Å². The summed E-state index contributed by atoms with van der Waals surface area (Å²) in [4.78, 5) is 2.71. The van der Waals surface area contributed by atoms with Crippen LogP contribution in [0.5, 0.6) is 0 Å². The van der Waals surface area contributed by atoms with Crippen LogP contribution in [0.25, 0.3) is 0 Å². The molecule has 0 N–H and O–H groups in total. The predicted octanol–water partition coefficient (Wildman–Crippen LogP) is 3.93. The zero-order valence-electron chi connectivity index (χ0n) is 11.6. The van der Waals surface area contributed by atoms with Gasteiger partial charge in [0, 0.05) is 12.6 Å². The molecule has 1 heterocycles. The Hall–Kier alpha value is -0.0400. The van der Waals surface area contributed by atoms with E-state index in [4.69, 9.17) is 0 Å². The third-order valence-corrected chi connectivity index (χ3v) is 5.11. The first-order chi connectivity index (χ1) is 7.57. The van der Waals surface area contributed by atoms with Crippen molar-refractivity contribution in [1.82, 2.24) is 4.90 Å². The van der Waals surface area contributed by atoms with E-state index >= 15 is 0 Å². The Labute approximate surface area is 102 Å². The van der Waals surface area contributed by atoms with Gasteiger partial charge in [-0.05, 0) is 63.3 Å². The van der Waals surface area contributed by atoms with E-state index in [0.717, 1.165) is 23.3 Å². The summed E-state index contributed by atoms with van der Waals surface area (Å²) in [5.74, 6) is 2.00. The second-order valence-corrected chi connectivity index (χ2v) is 6.68. The number of rotatable bonds is 4. The number of hydrogen-bond donors (Lipinski definition) is 0. The average molecular weight is 223 g/mol. The van der Waals surface area contributed by atoms with Gasteiger partial charge >= 0.3 is 0 Å². The lowest BCUT2D eigenvalue weighted by molar-refractivity contribution is 0.116. The van der Waals surface area contributed by atoms with Crippen LogP contribution in [-0.4, -0.2) is 24.0 Å². The first-order valence-electron chi connectivity index (χ1n) is 7.31. The van der Waals surface area contributed by atoms with Crippen molar-refractivity contribution in [2.75, 3.05) is 13.1 Å². The lowest BCUT2D eigenvalue weighted by atomic mass is 9.88. The largest absolute Gasteiger partial charge is 0.300 e. The SMILES string of the molecule is CCC(C)CC1C[C@@]12CCCN(C(C)C)C2.